The fourth-order valence-corrected chi connectivity index (χ4v) is 5.41. The standard InChI is InChI=1S/C18H20O3/c1-3-9-10(4-2)14-12-8-6-5-7-11(12)13(9)15-16(14)18(20)21-17(15)19/h5-10,13-16H,3-4H2,1-2H3/t9-,10+,13-,14-,15-,16-/m0/s1. The topological polar surface area (TPSA) is 43.4 Å². The number of benzene rings is 1. The maximum absolute atomic E-state index is 12.2. The second kappa shape index (κ2) is 4.43. The lowest BCUT2D eigenvalue weighted by atomic mass is 9.48. The van der Waals surface area contributed by atoms with Gasteiger partial charge in [-0.1, -0.05) is 51.0 Å². The van der Waals surface area contributed by atoms with Crippen LogP contribution in [0.5, 0.6) is 0 Å². The molecule has 0 amide bonds. The number of esters is 2. The van der Waals surface area contributed by atoms with Crippen LogP contribution in [0.15, 0.2) is 24.3 Å². The van der Waals surface area contributed by atoms with Crippen LogP contribution in [0.3, 0.4) is 0 Å². The van der Waals surface area contributed by atoms with E-state index in [-0.39, 0.29) is 35.6 Å². The van der Waals surface area contributed by atoms with Crippen LogP contribution < -0.4 is 0 Å². The number of carbonyl (C=O) groups excluding carboxylic acids is 2. The predicted octanol–water partition coefficient (Wildman–Crippen LogP) is 3.25. The minimum atomic E-state index is -0.289. The Labute approximate surface area is 124 Å². The number of fused-ring (bicyclic) bond motifs is 1. The van der Waals surface area contributed by atoms with Crippen LogP contribution in [0.4, 0.5) is 0 Å². The van der Waals surface area contributed by atoms with Gasteiger partial charge in [0.2, 0.25) is 0 Å². The van der Waals surface area contributed by atoms with Crippen molar-refractivity contribution in [2.24, 2.45) is 23.7 Å². The van der Waals surface area contributed by atoms with Gasteiger partial charge in [0.15, 0.2) is 0 Å². The first-order valence-corrected chi connectivity index (χ1v) is 8.03. The molecule has 0 N–H and O–H groups in total. The average Bonchev–Trinajstić information content (AvgIpc) is 2.82. The Morgan fingerprint density at radius 3 is 1.62 bits per heavy atom. The number of carbonyl (C=O) groups is 2. The van der Waals surface area contributed by atoms with Crippen molar-refractivity contribution in [2.75, 3.05) is 0 Å². The van der Waals surface area contributed by atoms with Gasteiger partial charge in [-0.05, 0) is 23.0 Å². The minimum absolute atomic E-state index is 0.157. The van der Waals surface area contributed by atoms with Crippen molar-refractivity contribution in [3.05, 3.63) is 35.4 Å². The van der Waals surface area contributed by atoms with E-state index >= 15 is 0 Å². The molecule has 2 fully saturated rings. The van der Waals surface area contributed by atoms with Crippen LogP contribution in [-0.2, 0) is 14.3 Å². The first kappa shape index (κ1) is 13.1. The van der Waals surface area contributed by atoms with E-state index in [0.717, 1.165) is 12.8 Å². The lowest BCUT2D eigenvalue weighted by Crippen LogP contribution is -2.49. The van der Waals surface area contributed by atoms with E-state index in [1.807, 2.05) is 12.1 Å². The molecule has 0 spiro atoms. The average molecular weight is 284 g/mol. The second-order valence-corrected chi connectivity index (χ2v) is 6.62. The Hall–Kier alpha value is -1.64. The molecule has 6 atom stereocenters. The molecule has 21 heavy (non-hydrogen) atoms. The van der Waals surface area contributed by atoms with Gasteiger partial charge in [0, 0.05) is 11.8 Å². The van der Waals surface area contributed by atoms with Crippen molar-refractivity contribution < 1.29 is 14.3 Å². The van der Waals surface area contributed by atoms with Gasteiger partial charge in [-0.3, -0.25) is 9.59 Å². The molecule has 1 saturated heterocycles. The maximum atomic E-state index is 12.2. The molecular formula is C18H20O3. The highest BCUT2D eigenvalue weighted by molar-refractivity contribution is 5.98. The van der Waals surface area contributed by atoms with Crippen LogP contribution >= 0.6 is 0 Å². The number of rotatable bonds is 2. The summed E-state index contributed by atoms with van der Waals surface area (Å²) in [4.78, 5) is 24.5. The maximum Gasteiger partial charge on any atom is 0.318 e. The summed E-state index contributed by atoms with van der Waals surface area (Å²) < 4.78 is 5.03. The highest BCUT2D eigenvalue weighted by Crippen LogP contribution is 2.64. The molecule has 1 aliphatic heterocycles. The zero-order valence-corrected chi connectivity index (χ0v) is 12.4. The molecule has 0 aromatic heterocycles. The molecular weight excluding hydrogens is 264 g/mol. The van der Waals surface area contributed by atoms with Gasteiger partial charge in [-0.2, -0.15) is 0 Å². The molecule has 5 rings (SSSR count). The molecule has 1 aromatic rings. The molecule has 1 aromatic carbocycles. The van der Waals surface area contributed by atoms with Gasteiger partial charge < -0.3 is 4.74 Å². The van der Waals surface area contributed by atoms with Crippen molar-refractivity contribution in [3.63, 3.8) is 0 Å². The lowest BCUT2D eigenvalue weighted by Gasteiger charge is -2.53. The number of hydrogen-bond donors (Lipinski definition) is 0. The third-order valence-corrected chi connectivity index (χ3v) is 6.04. The highest BCUT2D eigenvalue weighted by atomic mass is 16.6. The van der Waals surface area contributed by atoms with Gasteiger partial charge in [-0.15, -0.1) is 0 Å². The quantitative estimate of drug-likeness (QED) is 0.618. The van der Waals surface area contributed by atoms with Crippen LogP contribution in [-0.4, -0.2) is 11.9 Å². The fraction of sp³-hybridized carbons (Fsp3) is 0.556. The molecule has 4 aliphatic rings. The predicted molar refractivity (Wildman–Crippen MR) is 77.6 cm³/mol. The summed E-state index contributed by atoms with van der Waals surface area (Å²) in [6, 6.07) is 8.39. The molecule has 1 heterocycles. The second-order valence-electron chi connectivity index (χ2n) is 6.62. The van der Waals surface area contributed by atoms with Crippen LogP contribution in [0.1, 0.15) is 49.7 Å². The van der Waals surface area contributed by atoms with E-state index in [0.29, 0.717) is 11.8 Å². The monoisotopic (exact) mass is 284 g/mol. The summed E-state index contributed by atoms with van der Waals surface area (Å²) in [6.45, 7) is 4.40. The first-order valence-electron chi connectivity index (χ1n) is 8.03. The van der Waals surface area contributed by atoms with Crippen molar-refractivity contribution in [1.29, 1.82) is 0 Å². The molecule has 110 valence electrons. The summed E-state index contributed by atoms with van der Waals surface area (Å²) in [6.07, 6.45) is 2.11. The van der Waals surface area contributed by atoms with Crippen LogP contribution in [0.25, 0.3) is 0 Å². The number of ether oxygens (including phenoxy) is 1. The molecule has 3 aliphatic carbocycles. The van der Waals surface area contributed by atoms with Crippen molar-refractivity contribution >= 4 is 11.9 Å². The largest absolute Gasteiger partial charge is 0.393 e. The van der Waals surface area contributed by atoms with Gasteiger partial charge in [0.1, 0.15) is 0 Å². The zero-order chi connectivity index (χ0) is 14.7. The minimum Gasteiger partial charge on any atom is -0.393 e. The van der Waals surface area contributed by atoms with Crippen molar-refractivity contribution in [3.8, 4) is 0 Å². The van der Waals surface area contributed by atoms with E-state index < -0.39 is 0 Å². The van der Waals surface area contributed by atoms with E-state index in [1.165, 1.54) is 11.1 Å². The molecule has 0 radical (unpaired) electrons. The summed E-state index contributed by atoms with van der Waals surface area (Å²) in [5.41, 5.74) is 2.57. The van der Waals surface area contributed by atoms with Gasteiger partial charge in [0.05, 0.1) is 11.8 Å². The Morgan fingerprint density at radius 2 is 1.24 bits per heavy atom. The van der Waals surface area contributed by atoms with Crippen LogP contribution in [0, 0.1) is 23.7 Å². The van der Waals surface area contributed by atoms with Gasteiger partial charge >= 0.3 is 11.9 Å². The molecule has 2 bridgehead atoms. The molecule has 1 saturated carbocycles. The summed E-state index contributed by atoms with van der Waals surface area (Å²) in [5, 5.41) is 0. The Morgan fingerprint density at radius 1 is 0.810 bits per heavy atom. The number of cyclic esters (lactones) is 2. The van der Waals surface area contributed by atoms with Gasteiger partial charge in [-0.25, -0.2) is 0 Å². The van der Waals surface area contributed by atoms with E-state index in [9.17, 15) is 9.59 Å². The van der Waals surface area contributed by atoms with E-state index in [1.54, 1.807) is 0 Å². The van der Waals surface area contributed by atoms with Crippen molar-refractivity contribution in [1.82, 2.24) is 0 Å². The molecule has 3 nitrogen and oxygen atoms in total. The third kappa shape index (κ3) is 1.49. The smallest absolute Gasteiger partial charge is 0.318 e. The summed E-state index contributed by atoms with van der Waals surface area (Å²) in [7, 11) is 0. The summed E-state index contributed by atoms with van der Waals surface area (Å²) in [5.74, 6) is 0.208. The Kier molecular flexibility index (Phi) is 2.75. The highest BCUT2D eigenvalue weighted by Gasteiger charge is 2.63. The normalized spacial score (nSPS) is 39.9. The van der Waals surface area contributed by atoms with E-state index in [4.69, 9.17) is 4.74 Å². The van der Waals surface area contributed by atoms with Crippen LogP contribution in [0.2, 0.25) is 0 Å². The lowest BCUT2D eigenvalue weighted by molar-refractivity contribution is -0.153. The first-order chi connectivity index (χ1) is 10.2. The Bertz CT molecular complexity index is 568. The zero-order valence-electron chi connectivity index (χ0n) is 12.4. The fourth-order valence-electron chi connectivity index (χ4n) is 5.41. The summed E-state index contributed by atoms with van der Waals surface area (Å²) >= 11 is 0. The third-order valence-electron chi connectivity index (χ3n) is 6.04. The Balaban J connectivity index is 1.95. The molecule has 3 heteroatoms. The molecule has 0 unspecified atom stereocenters. The van der Waals surface area contributed by atoms with Crippen molar-refractivity contribution in [2.45, 2.75) is 38.5 Å². The SMILES string of the molecule is CC[C@@H]1[C@H](CC)[C@H]2c3ccccc3[C@H]1[C@@H]1C(=O)OC(=O)[C@H]12. The van der Waals surface area contributed by atoms with E-state index in [2.05, 4.69) is 26.0 Å². The van der Waals surface area contributed by atoms with Gasteiger partial charge in [0.25, 0.3) is 0 Å². The number of hydrogen-bond acceptors (Lipinski definition) is 3.